The molecular formula is C10H24N2O2. The molecule has 0 heterocycles. The van der Waals surface area contributed by atoms with Crippen molar-refractivity contribution in [2.75, 3.05) is 19.7 Å². The molecule has 4 nitrogen and oxygen atoms in total. The lowest BCUT2D eigenvalue weighted by Gasteiger charge is -2.27. The van der Waals surface area contributed by atoms with E-state index in [0.29, 0.717) is 38.8 Å². The van der Waals surface area contributed by atoms with Gasteiger partial charge >= 0.3 is 0 Å². The fourth-order valence-electron chi connectivity index (χ4n) is 1.65. The summed E-state index contributed by atoms with van der Waals surface area (Å²) in [4.78, 5) is 0. The van der Waals surface area contributed by atoms with E-state index in [-0.39, 0.29) is 6.61 Å². The lowest BCUT2D eigenvalue weighted by Crippen LogP contribution is -2.30. The summed E-state index contributed by atoms with van der Waals surface area (Å²) >= 11 is 0. The fourth-order valence-corrected chi connectivity index (χ4v) is 1.65. The Bertz CT molecular complexity index is 110. The van der Waals surface area contributed by atoms with Crippen LogP contribution in [0.25, 0.3) is 0 Å². The second kappa shape index (κ2) is 8.17. The van der Waals surface area contributed by atoms with E-state index in [1.807, 2.05) is 0 Å². The highest BCUT2D eigenvalue weighted by Gasteiger charge is 2.24. The smallest absolute Gasteiger partial charge is 0.0649 e. The Labute approximate surface area is 86.3 Å². The van der Waals surface area contributed by atoms with Crippen LogP contribution in [0.5, 0.6) is 0 Å². The molecule has 0 unspecified atom stereocenters. The molecule has 0 aliphatic rings. The zero-order valence-corrected chi connectivity index (χ0v) is 8.91. The van der Waals surface area contributed by atoms with Gasteiger partial charge in [-0.25, -0.2) is 0 Å². The highest BCUT2D eigenvalue weighted by molar-refractivity contribution is 4.78. The quantitative estimate of drug-likeness (QED) is 0.424. The normalized spacial score (nSPS) is 12.0. The van der Waals surface area contributed by atoms with Gasteiger partial charge in [0, 0.05) is 6.61 Å². The topological polar surface area (TPSA) is 92.5 Å². The molecule has 0 bridgehead atoms. The fraction of sp³-hybridized carbons (Fsp3) is 1.00. The van der Waals surface area contributed by atoms with Gasteiger partial charge in [0.2, 0.25) is 0 Å². The van der Waals surface area contributed by atoms with Crippen molar-refractivity contribution in [3.8, 4) is 0 Å². The molecule has 0 amide bonds. The molecule has 0 aliphatic carbocycles. The van der Waals surface area contributed by atoms with E-state index in [4.69, 9.17) is 16.6 Å². The van der Waals surface area contributed by atoms with E-state index in [2.05, 4.69) is 0 Å². The van der Waals surface area contributed by atoms with Gasteiger partial charge in [-0.05, 0) is 51.6 Å². The van der Waals surface area contributed by atoms with Crippen molar-refractivity contribution in [2.45, 2.75) is 44.1 Å². The van der Waals surface area contributed by atoms with Gasteiger partial charge in [-0.1, -0.05) is 0 Å². The Hall–Kier alpha value is -0.160. The van der Waals surface area contributed by atoms with Crippen molar-refractivity contribution in [1.82, 2.24) is 0 Å². The van der Waals surface area contributed by atoms with E-state index in [1.165, 1.54) is 0 Å². The van der Waals surface area contributed by atoms with E-state index < -0.39 is 5.60 Å². The molecule has 0 aromatic rings. The molecule has 0 saturated heterocycles. The minimum Gasteiger partial charge on any atom is -0.396 e. The first-order valence-electron chi connectivity index (χ1n) is 5.42. The van der Waals surface area contributed by atoms with Crippen LogP contribution in [0.3, 0.4) is 0 Å². The van der Waals surface area contributed by atoms with Crippen LogP contribution < -0.4 is 11.5 Å². The summed E-state index contributed by atoms with van der Waals surface area (Å²) in [6, 6.07) is 0. The molecule has 0 rings (SSSR count). The van der Waals surface area contributed by atoms with E-state index in [9.17, 15) is 5.11 Å². The molecule has 4 heteroatoms. The average Bonchev–Trinajstić information content (AvgIpc) is 2.21. The Kier molecular flexibility index (Phi) is 8.08. The third-order valence-electron chi connectivity index (χ3n) is 2.49. The third-order valence-corrected chi connectivity index (χ3v) is 2.49. The summed E-state index contributed by atoms with van der Waals surface area (Å²) in [5, 5.41) is 18.9. The average molecular weight is 204 g/mol. The second-order valence-corrected chi connectivity index (χ2v) is 3.84. The zero-order chi connectivity index (χ0) is 10.9. The Morgan fingerprint density at radius 3 is 1.64 bits per heavy atom. The Balaban J connectivity index is 3.89. The lowest BCUT2D eigenvalue weighted by atomic mass is 9.87. The Morgan fingerprint density at radius 2 is 1.29 bits per heavy atom. The standard InChI is InChI=1S/C10H24N2O2/c11-7-1-4-10(14,5-2-8-12)6-3-9-13/h13-14H,1-9,11-12H2. The van der Waals surface area contributed by atoms with Gasteiger partial charge in [-0.3, -0.25) is 0 Å². The van der Waals surface area contributed by atoms with Gasteiger partial charge in [0.1, 0.15) is 0 Å². The molecule has 0 fully saturated rings. The predicted octanol–water partition coefficient (Wildman–Crippen LogP) is -0.0322. The summed E-state index contributed by atoms with van der Waals surface area (Å²) in [5.74, 6) is 0. The zero-order valence-electron chi connectivity index (χ0n) is 8.91. The van der Waals surface area contributed by atoms with Crippen molar-refractivity contribution in [2.24, 2.45) is 11.5 Å². The molecule has 0 aromatic heterocycles. The van der Waals surface area contributed by atoms with Crippen molar-refractivity contribution in [3.05, 3.63) is 0 Å². The first-order chi connectivity index (χ1) is 6.68. The van der Waals surface area contributed by atoms with E-state index in [0.717, 1.165) is 12.8 Å². The molecule has 86 valence electrons. The molecule has 0 aliphatic heterocycles. The summed E-state index contributed by atoms with van der Waals surface area (Å²) in [7, 11) is 0. The highest BCUT2D eigenvalue weighted by atomic mass is 16.3. The van der Waals surface area contributed by atoms with Crippen LogP contribution in [0.2, 0.25) is 0 Å². The molecule has 0 radical (unpaired) electrons. The molecule has 0 saturated carbocycles. The van der Waals surface area contributed by atoms with Gasteiger partial charge in [-0.15, -0.1) is 0 Å². The maximum absolute atomic E-state index is 10.2. The monoisotopic (exact) mass is 204 g/mol. The number of hydrogen-bond acceptors (Lipinski definition) is 4. The van der Waals surface area contributed by atoms with E-state index in [1.54, 1.807) is 0 Å². The van der Waals surface area contributed by atoms with Crippen LogP contribution in [0.1, 0.15) is 38.5 Å². The van der Waals surface area contributed by atoms with Crippen molar-refractivity contribution in [1.29, 1.82) is 0 Å². The first-order valence-corrected chi connectivity index (χ1v) is 5.42. The summed E-state index contributed by atoms with van der Waals surface area (Å²) in [6.45, 7) is 1.34. The van der Waals surface area contributed by atoms with Crippen LogP contribution in [0.4, 0.5) is 0 Å². The minimum absolute atomic E-state index is 0.133. The SMILES string of the molecule is NCCCC(O)(CCCN)CCCO. The molecule has 0 spiro atoms. The van der Waals surface area contributed by atoms with Gasteiger partial charge in [-0.2, -0.15) is 0 Å². The predicted molar refractivity (Wildman–Crippen MR) is 57.8 cm³/mol. The molecule has 14 heavy (non-hydrogen) atoms. The maximum Gasteiger partial charge on any atom is 0.0649 e. The molecule has 0 aromatic carbocycles. The van der Waals surface area contributed by atoms with Gasteiger partial charge in [0.25, 0.3) is 0 Å². The molecule has 0 atom stereocenters. The van der Waals surface area contributed by atoms with Crippen LogP contribution in [-0.4, -0.2) is 35.5 Å². The van der Waals surface area contributed by atoms with Crippen LogP contribution in [0.15, 0.2) is 0 Å². The molecule has 6 N–H and O–H groups in total. The maximum atomic E-state index is 10.2. The minimum atomic E-state index is -0.665. The Morgan fingerprint density at radius 1 is 0.857 bits per heavy atom. The number of aliphatic hydroxyl groups is 2. The first kappa shape index (κ1) is 13.8. The number of aliphatic hydroxyl groups excluding tert-OH is 1. The summed E-state index contributed by atoms with van der Waals surface area (Å²) in [5.41, 5.74) is 10.2. The van der Waals surface area contributed by atoms with Gasteiger partial charge in [0.15, 0.2) is 0 Å². The highest BCUT2D eigenvalue weighted by Crippen LogP contribution is 2.24. The van der Waals surface area contributed by atoms with Crippen molar-refractivity contribution in [3.63, 3.8) is 0 Å². The second-order valence-electron chi connectivity index (χ2n) is 3.84. The van der Waals surface area contributed by atoms with Crippen LogP contribution in [-0.2, 0) is 0 Å². The van der Waals surface area contributed by atoms with Crippen LogP contribution in [0, 0.1) is 0 Å². The summed E-state index contributed by atoms with van der Waals surface area (Å²) < 4.78 is 0. The summed E-state index contributed by atoms with van der Waals surface area (Å²) in [6.07, 6.45) is 4.36. The van der Waals surface area contributed by atoms with Crippen molar-refractivity contribution < 1.29 is 10.2 Å². The molecular weight excluding hydrogens is 180 g/mol. The third kappa shape index (κ3) is 6.32. The van der Waals surface area contributed by atoms with E-state index >= 15 is 0 Å². The van der Waals surface area contributed by atoms with Crippen LogP contribution >= 0.6 is 0 Å². The lowest BCUT2D eigenvalue weighted by molar-refractivity contribution is 0.00615. The number of hydrogen-bond donors (Lipinski definition) is 4. The van der Waals surface area contributed by atoms with Gasteiger partial charge in [0.05, 0.1) is 5.60 Å². The van der Waals surface area contributed by atoms with Crippen molar-refractivity contribution >= 4 is 0 Å². The number of rotatable bonds is 9. The number of nitrogens with two attached hydrogens (primary N) is 2. The largest absolute Gasteiger partial charge is 0.396 e. The van der Waals surface area contributed by atoms with Gasteiger partial charge < -0.3 is 21.7 Å².